The molecule has 2 N–H and O–H groups in total. The van der Waals surface area contributed by atoms with E-state index in [4.69, 9.17) is 5.73 Å². The molecule has 0 aliphatic carbocycles. The molecule has 1 aromatic carbocycles. The van der Waals surface area contributed by atoms with E-state index >= 15 is 0 Å². The number of amides is 3. The summed E-state index contributed by atoms with van der Waals surface area (Å²) in [4.78, 5) is 31.4. The molecule has 0 fully saturated rings. The van der Waals surface area contributed by atoms with Gasteiger partial charge in [-0.05, 0) is 74.6 Å². The molecule has 0 bridgehead atoms. The fourth-order valence-corrected chi connectivity index (χ4v) is 5.90. The van der Waals surface area contributed by atoms with Crippen LogP contribution < -0.4 is 5.73 Å². The van der Waals surface area contributed by atoms with E-state index in [0.717, 1.165) is 37.6 Å². The molecule has 0 radical (unpaired) electrons. The van der Waals surface area contributed by atoms with Gasteiger partial charge < -0.3 is 15.5 Å². The van der Waals surface area contributed by atoms with Gasteiger partial charge in [-0.25, -0.2) is 4.79 Å². The summed E-state index contributed by atoms with van der Waals surface area (Å²) in [6, 6.07) is 4.12. The van der Waals surface area contributed by atoms with Gasteiger partial charge in [0.25, 0.3) is 0 Å². The van der Waals surface area contributed by atoms with Crippen LogP contribution in [0.4, 0.5) is 4.79 Å². The van der Waals surface area contributed by atoms with Crippen molar-refractivity contribution in [1.29, 1.82) is 0 Å². The fraction of sp³-hybridized carbons (Fsp3) is 0.645. The topological polar surface area (TPSA) is 79.0 Å². The molecule has 0 aliphatic rings. The molecule has 1 rings (SSSR count). The number of aliphatic imine (C=N–C) groups is 1. The lowest BCUT2D eigenvalue weighted by atomic mass is 9.79. The molecule has 1 aromatic rings. The highest BCUT2D eigenvalue weighted by atomic mass is 79.9. The van der Waals surface area contributed by atoms with Crippen LogP contribution in [0.25, 0.3) is 0 Å². The van der Waals surface area contributed by atoms with Gasteiger partial charge in [0.05, 0.1) is 0 Å². The number of hydrogen-bond acceptors (Lipinski definition) is 3. The number of carbonyl (C=O) groups is 2. The van der Waals surface area contributed by atoms with Gasteiger partial charge in [-0.15, -0.1) is 0 Å². The van der Waals surface area contributed by atoms with Crippen LogP contribution in [-0.2, 0) is 11.2 Å². The van der Waals surface area contributed by atoms with E-state index < -0.39 is 6.03 Å². The van der Waals surface area contributed by atoms with Crippen molar-refractivity contribution in [3.63, 3.8) is 0 Å². The molecule has 0 saturated carbocycles. The summed E-state index contributed by atoms with van der Waals surface area (Å²) < 4.78 is 1.18. The molecule has 0 aliphatic heterocycles. The second kappa shape index (κ2) is 21.1. The third-order valence-electron chi connectivity index (χ3n) is 7.13. The maximum atomic E-state index is 12.9. The molecule has 0 saturated heterocycles. The van der Waals surface area contributed by atoms with Gasteiger partial charge in [-0.2, -0.15) is 0 Å². The van der Waals surface area contributed by atoms with Crippen LogP contribution in [0.1, 0.15) is 82.9 Å². The Balaban J connectivity index is 0.00000263. The summed E-state index contributed by atoms with van der Waals surface area (Å²) in [5.41, 5.74) is 9.44. The number of aryl methyl sites for hydroxylation is 2. The number of alkyl halides is 1. The number of hydrogen-bond donors (Lipinski definition) is 1. The van der Waals surface area contributed by atoms with Crippen molar-refractivity contribution in [1.82, 2.24) is 9.80 Å². The van der Waals surface area contributed by atoms with Crippen molar-refractivity contribution < 1.29 is 9.59 Å². The minimum absolute atomic E-state index is 0.165. The summed E-state index contributed by atoms with van der Waals surface area (Å²) in [6.07, 6.45) is 10.5. The van der Waals surface area contributed by atoms with Crippen LogP contribution in [0.15, 0.2) is 33.7 Å². The summed E-state index contributed by atoms with van der Waals surface area (Å²) in [5.74, 6) is 1.13. The monoisotopic (exact) mass is 670 g/mol. The molecule has 3 amide bonds. The lowest BCUT2D eigenvalue weighted by molar-refractivity contribution is -0.131. The highest BCUT2D eigenvalue weighted by molar-refractivity contribution is 9.10. The van der Waals surface area contributed by atoms with Gasteiger partial charge in [0, 0.05) is 62.1 Å². The van der Waals surface area contributed by atoms with Gasteiger partial charge >= 0.3 is 6.03 Å². The second-order valence-electron chi connectivity index (χ2n) is 10.1. The van der Waals surface area contributed by atoms with E-state index in [2.05, 4.69) is 95.8 Å². The molecule has 0 heterocycles. The van der Waals surface area contributed by atoms with Crippen molar-refractivity contribution in [3.05, 3.63) is 45.4 Å². The number of allylic oxidation sites excluding steroid dienone is 2. The molecule has 3 unspecified atom stereocenters. The average molecular weight is 673 g/mol. The zero-order valence-electron chi connectivity index (χ0n) is 25.5. The van der Waals surface area contributed by atoms with Crippen LogP contribution in [0, 0.1) is 18.8 Å². The molecule has 39 heavy (non-hydrogen) atoms. The minimum atomic E-state index is -0.397. The summed E-state index contributed by atoms with van der Waals surface area (Å²) >= 11 is 7.01. The van der Waals surface area contributed by atoms with Crippen LogP contribution in [0.5, 0.6) is 0 Å². The lowest BCUT2D eigenvalue weighted by Crippen LogP contribution is -2.37. The first-order valence-electron chi connectivity index (χ1n) is 14.2. The van der Waals surface area contributed by atoms with Gasteiger partial charge in [0.2, 0.25) is 5.91 Å². The largest absolute Gasteiger partial charge is 0.351 e. The van der Waals surface area contributed by atoms with Crippen LogP contribution in [0.3, 0.4) is 0 Å². The number of nitrogens with two attached hydrogens (primary N) is 1. The predicted octanol–water partition coefficient (Wildman–Crippen LogP) is 7.75. The van der Waals surface area contributed by atoms with E-state index in [1.807, 2.05) is 18.9 Å². The maximum Gasteiger partial charge on any atom is 0.314 e. The molecule has 3 atom stereocenters. The first-order chi connectivity index (χ1) is 18.5. The van der Waals surface area contributed by atoms with Gasteiger partial charge in [-0.1, -0.05) is 77.3 Å². The summed E-state index contributed by atoms with van der Waals surface area (Å²) in [5, 5.41) is 0.865. The fourth-order valence-electron chi connectivity index (χ4n) is 4.73. The zero-order valence-corrected chi connectivity index (χ0v) is 28.6. The standard InChI is InChI=1S/C28H46BrN3O2.C3H6BrN/c1-8-12-24(27-23(10-3)17-21(6)18-25(27)29)22(9-2)14-15-31(7)26(33)19-20(5)13-16-32(11-4)28(30)34;1-5-3-2-4/h8,12,17-18,20,22,24H,9-11,13-16,19H2,1-7H3,(H2,30,34);3H,2H2,1H3/b12-8+;. The van der Waals surface area contributed by atoms with E-state index in [1.54, 1.807) is 18.2 Å². The van der Waals surface area contributed by atoms with Gasteiger partial charge in [-0.3, -0.25) is 9.79 Å². The zero-order chi connectivity index (χ0) is 30.0. The van der Waals surface area contributed by atoms with Crippen LogP contribution in [0.2, 0.25) is 0 Å². The van der Waals surface area contributed by atoms with Gasteiger partial charge in [0.1, 0.15) is 0 Å². The molecular formula is C31H52Br2N4O2. The minimum Gasteiger partial charge on any atom is -0.351 e. The van der Waals surface area contributed by atoms with Crippen molar-refractivity contribution in [2.75, 3.05) is 39.1 Å². The molecule has 222 valence electrons. The molecule has 8 heteroatoms. The Morgan fingerprint density at radius 2 is 1.82 bits per heavy atom. The first-order valence-corrected chi connectivity index (χ1v) is 16.1. The quantitative estimate of drug-likeness (QED) is 0.118. The maximum absolute atomic E-state index is 12.9. The Hall–Kier alpha value is -1.67. The third-order valence-corrected chi connectivity index (χ3v) is 8.07. The Morgan fingerprint density at radius 1 is 1.15 bits per heavy atom. The van der Waals surface area contributed by atoms with E-state index in [0.29, 0.717) is 31.3 Å². The average Bonchev–Trinajstić information content (AvgIpc) is 2.88. The first kappa shape index (κ1) is 37.3. The summed E-state index contributed by atoms with van der Waals surface area (Å²) in [7, 11) is 3.66. The highest BCUT2D eigenvalue weighted by Gasteiger charge is 2.25. The van der Waals surface area contributed by atoms with Crippen LogP contribution in [-0.4, -0.2) is 67.0 Å². The van der Waals surface area contributed by atoms with E-state index in [-0.39, 0.29) is 11.8 Å². The van der Waals surface area contributed by atoms with Crippen molar-refractivity contribution in [2.45, 2.75) is 79.6 Å². The predicted molar refractivity (Wildman–Crippen MR) is 175 cm³/mol. The number of halogens is 2. The van der Waals surface area contributed by atoms with Crippen molar-refractivity contribution in [2.24, 2.45) is 22.6 Å². The van der Waals surface area contributed by atoms with Gasteiger partial charge in [0.15, 0.2) is 0 Å². The van der Waals surface area contributed by atoms with Crippen LogP contribution >= 0.6 is 31.9 Å². The normalized spacial score (nSPS) is 13.6. The Bertz CT molecular complexity index is 920. The summed E-state index contributed by atoms with van der Waals surface area (Å²) in [6.45, 7) is 14.6. The smallest absolute Gasteiger partial charge is 0.314 e. The Kier molecular flexibility index (Phi) is 20.2. The van der Waals surface area contributed by atoms with Crippen molar-refractivity contribution >= 4 is 50.0 Å². The van der Waals surface area contributed by atoms with E-state index in [9.17, 15) is 9.59 Å². The number of benzene rings is 1. The van der Waals surface area contributed by atoms with E-state index in [1.165, 1.54) is 21.2 Å². The molecule has 6 nitrogen and oxygen atoms in total. The molecule has 0 aromatic heterocycles. The third kappa shape index (κ3) is 14.0. The number of rotatable bonds is 15. The Morgan fingerprint density at radius 3 is 2.28 bits per heavy atom. The molecule has 0 spiro atoms. The van der Waals surface area contributed by atoms with Crippen molar-refractivity contribution in [3.8, 4) is 0 Å². The number of urea groups is 1. The number of primary amides is 1. The molecular weight excluding hydrogens is 620 g/mol. The lowest BCUT2D eigenvalue weighted by Gasteiger charge is -2.29. The number of nitrogens with zero attached hydrogens (tertiary/aromatic N) is 3. The Labute approximate surface area is 255 Å². The number of carbonyl (C=O) groups excluding carboxylic acids is 2. The highest BCUT2D eigenvalue weighted by Crippen LogP contribution is 2.38. The second-order valence-corrected chi connectivity index (χ2v) is 11.6. The SMILES string of the molecule is C/C=C/C(c1c(Br)cc(C)cc1CC)C(CC)CCN(C)C(=O)CC(C)CCN(CC)C(N)=O.CN=CCBr.